The number of sulfone groups is 1. The van der Waals surface area contributed by atoms with Crippen LogP contribution >= 0.6 is 23.2 Å². The first-order valence-electron chi connectivity index (χ1n) is 16.3. The second-order valence-electron chi connectivity index (χ2n) is 14.9. The third-order valence-corrected chi connectivity index (χ3v) is 15.6. The second-order valence-corrected chi connectivity index (χ2v) is 22.5. The number of amides is 1. The van der Waals surface area contributed by atoms with Crippen molar-refractivity contribution in [2.75, 3.05) is 0 Å². The minimum Gasteiger partial charge on any atom is -0.481 e. The topological polar surface area (TPSA) is 119 Å². The first-order chi connectivity index (χ1) is 22.6. The number of ether oxygens (including phenoxy) is 1. The summed E-state index contributed by atoms with van der Waals surface area (Å²) in [6.07, 6.45) is -0.671. The van der Waals surface area contributed by atoms with Gasteiger partial charge in [-0.1, -0.05) is 92.5 Å². The SMILES string of the molecule is CC(C)(C)OC(=O)NC(Cc1ccccc1)C(CC(Cc1ccc(S(=O)(=O)Cc2c(Cl)cccc2Cl)cc1)C(=O)O)O[Si](C)(C)C(C)(C)C. The molecule has 12 heteroatoms. The molecule has 49 heavy (non-hydrogen) atoms. The van der Waals surface area contributed by atoms with E-state index in [1.54, 1.807) is 51.1 Å². The Kier molecular flexibility index (Phi) is 13.6. The molecule has 0 radical (unpaired) electrons. The molecule has 3 atom stereocenters. The van der Waals surface area contributed by atoms with Gasteiger partial charge in [0.15, 0.2) is 18.2 Å². The fourth-order valence-electron chi connectivity index (χ4n) is 5.06. The van der Waals surface area contributed by atoms with Crippen LogP contribution in [-0.2, 0) is 42.4 Å². The highest BCUT2D eigenvalue weighted by molar-refractivity contribution is 7.90. The molecular weight excluding hydrogens is 701 g/mol. The number of benzene rings is 3. The number of carboxylic acid groups (broad SMARTS) is 1. The number of rotatable bonds is 14. The van der Waals surface area contributed by atoms with Crippen LogP contribution < -0.4 is 5.32 Å². The Labute approximate surface area is 302 Å². The lowest BCUT2D eigenvalue weighted by molar-refractivity contribution is -0.142. The highest BCUT2D eigenvalue weighted by Gasteiger charge is 2.42. The summed E-state index contributed by atoms with van der Waals surface area (Å²) in [4.78, 5) is 26.0. The summed E-state index contributed by atoms with van der Waals surface area (Å²) in [5, 5.41) is 13.8. The number of hydrogen-bond donors (Lipinski definition) is 2. The van der Waals surface area contributed by atoms with E-state index in [1.165, 1.54) is 12.1 Å². The zero-order chi connectivity index (χ0) is 36.8. The van der Waals surface area contributed by atoms with Gasteiger partial charge in [-0.15, -0.1) is 0 Å². The Morgan fingerprint density at radius 2 is 1.39 bits per heavy atom. The molecule has 0 aliphatic heterocycles. The van der Waals surface area contributed by atoms with Crippen LogP contribution in [0.3, 0.4) is 0 Å². The number of carboxylic acids is 1. The lowest BCUT2D eigenvalue weighted by Gasteiger charge is -2.42. The van der Waals surface area contributed by atoms with Crippen molar-refractivity contribution in [3.05, 3.63) is 99.5 Å². The summed E-state index contributed by atoms with van der Waals surface area (Å²) >= 11 is 12.4. The highest BCUT2D eigenvalue weighted by atomic mass is 35.5. The first-order valence-corrected chi connectivity index (χ1v) is 21.6. The van der Waals surface area contributed by atoms with Gasteiger partial charge in [0, 0.05) is 15.6 Å². The molecule has 2 N–H and O–H groups in total. The fraction of sp³-hybridized carbons (Fsp3) is 0.459. The van der Waals surface area contributed by atoms with Gasteiger partial charge in [-0.05, 0) is 93.6 Å². The Morgan fingerprint density at radius 1 is 0.837 bits per heavy atom. The molecule has 8 nitrogen and oxygen atoms in total. The molecule has 0 aliphatic rings. The van der Waals surface area contributed by atoms with E-state index in [4.69, 9.17) is 32.4 Å². The highest BCUT2D eigenvalue weighted by Crippen LogP contribution is 2.39. The molecule has 0 fully saturated rings. The maximum absolute atomic E-state index is 13.2. The van der Waals surface area contributed by atoms with E-state index < -0.39 is 53.9 Å². The van der Waals surface area contributed by atoms with Gasteiger partial charge in [0.1, 0.15) is 5.60 Å². The Hall–Kier alpha value is -2.89. The number of alkyl carbamates (subject to hydrolysis) is 1. The third kappa shape index (κ3) is 12.1. The number of halogens is 2. The minimum atomic E-state index is -3.79. The van der Waals surface area contributed by atoms with E-state index >= 15 is 0 Å². The van der Waals surface area contributed by atoms with Crippen LogP contribution in [0.15, 0.2) is 77.7 Å². The van der Waals surface area contributed by atoms with Gasteiger partial charge in [-0.25, -0.2) is 13.2 Å². The molecule has 0 spiro atoms. The molecule has 0 aromatic heterocycles. The first kappa shape index (κ1) is 40.5. The summed E-state index contributed by atoms with van der Waals surface area (Å²) in [6, 6.07) is 20.1. The lowest BCUT2D eigenvalue weighted by atomic mass is 9.89. The summed E-state index contributed by atoms with van der Waals surface area (Å²) in [6.45, 7) is 15.9. The summed E-state index contributed by atoms with van der Waals surface area (Å²) < 4.78 is 39.0. The van der Waals surface area contributed by atoms with Crippen LogP contribution in [0.2, 0.25) is 28.2 Å². The van der Waals surface area contributed by atoms with Crippen molar-refractivity contribution in [2.45, 2.75) is 107 Å². The van der Waals surface area contributed by atoms with Crippen molar-refractivity contribution in [3.63, 3.8) is 0 Å². The van der Waals surface area contributed by atoms with Crippen LogP contribution in [-0.4, -0.2) is 51.7 Å². The van der Waals surface area contributed by atoms with E-state index in [0.717, 1.165) is 5.56 Å². The van der Waals surface area contributed by atoms with Gasteiger partial charge in [-0.3, -0.25) is 4.79 Å². The smallest absolute Gasteiger partial charge is 0.407 e. The van der Waals surface area contributed by atoms with E-state index in [9.17, 15) is 23.1 Å². The Balaban J connectivity index is 1.94. The van der Waals surface area contributed by atoms with Gasteiger partial charge >= 0.3 is 12.1 Å². The summed E-state index contributed by atoms with van der Waals surface area (Å²) in [7, 11) is -6.27. The number of nitrogens with one attached hydrogen (secondary N) is 1. The zero-order valence-corrected chi connectivity index (χ0v) is 32.9. The normalized spacial score (nSPS) is 14.5. The molecule has 3 rings (SSSR count). The second kappa shape index (κ2) is 16.4. The van der Waals surface area contributed by atoms with E-state index in [1.807, 2.05) is 30.3 Å². The average molecular weight is 751 g/mol. The quantitative estimate of drug-likeness (QED) is 0.158. The Morgan fingerprint density at radius 3 is 1.90 bits per heavy atom. The molecule has 0 saturated carbocycles. The standard InChI is InChI=1S/C37H49Cl2NO7SSi/c1-36(2,3)46-35(43)40-32(22-25-13-10-9-11-14-25)33(47-49(7,8)37(4,5)6)23-27(34(41)42)21-26-17-19-28(20-18-26)48(44,45)24-29-30(38)15-12-16-31(29)39/h9-20,27,32-33H,21-24H2,1-8H3,(H,40,43)(H,41,42). The van der Waals surface area contributed by atoms with E-state index in [0.29, 0.717) is 17.5 Å². The van der Waals surface area contributed by atoms with Crippen LogP contribution in [0.25, 0.3) is 0 Å². The molecule has 3 aromatic carbocycles. The predicted octanol–water partition coefficient (Wildman–Crippen LogP) is 9.13. The molecule has 0 heterocycles. The van der Waals surface area contributed by atoms with Crippen molar-refractivity contribution in [1.29, 1.82) is 0 Å². The van der Waals surface area contributed by atoms with Crippen molar-refractivity contribution < 1.29 is 32.3 Å². The van der Waals surface area contributed by atoms with Crippen LogP contribution in [0.1, 0.15) is 64.7 Å². The fourth-order valence-corrected chi connectivity index (χ4v) is 8.53. The molecule has 268 valence electrons. The molecule has 3 unspecified atom stereocenters. The number of aliphatic carboxylic acids is 1. The largest absolute Gasteiger partial charge is 0.481 e. The van der Waals surface area contributed by atoms with Gasteiger partial charge in [0.25, 0.3) is 0 Å². The number of hydrogen-bond acceptors (Lipinski definition) is 6. The lowest BCUT2D eigenvalue weighted by Crippen LogP contribution is -2.54. The molecule has 0 bridgehead atoms. The Bertz CT molecular complexity index is 1670. The number of carbonyl (C=O) groups excluding carboxylic acids is 1. The maximum Gasteiger partial charge on any atom is 0.407 e. The van der Waals surface area contributed by atoms with Gasteiger partial charge in [0.05, 0.1) is 28.7 Å². The maximum atomic E-state index is 13.2. The third-order valence-electron chi connectivity index (χ3n) is 8.73. The van der Waals surface area contributed by atoms with Crippen LogP contribution in [0.5, 0.6) is 0 Å². The average Bonchev–Trinajstić information content (AvgIpc) is 2.97. The zero-order valence-electron chi connectivity index (χ0n) is 29.5. The van der Waals surface area contributed by atoms with Crippen molar-refractivity contribution >= 4 is 53.4 Å². The van der Waals surface area contributed by atoms with Crippen LogP contribution in [0, 0.1) is 5.92 Å². The predicted molar refractivity (Wildman–Crippen MR) is 199 cm³/mol. The summed E-state index contributed by atoms with van der Waals surface area (Å²) in [5.41, 5.74) is 1.18. The van der Waals surface area contributed by atoms with Crippen molar-refractivity contribution in [3.8, 4) is 0 Å². The minimum absolute atomic E-state index is 0.0720. The van der Waals surface area contributed by atoms with Gasteiger partial charge in [-0.2, -0.15) is 0 Å². The molecule has 0 saturated heterocycles. The van der Waals surface area contributed by atoms with Gasteiger partial charge < -0.3 is 19.6 Å². The van der Waals surface area contributed by atoms with E-state index in [2.05, 4.69) is 39.2 Å². The molecular formula is C37H49Cl2NO7SSi. The summed E-state index contributed by atoms with van der Waals surface area (Å²) in [5.74, 6) is -2.30. The van der Waals surface area contributed by atoms with Crippen molar-refractivity contribution in [2.24, 2.45) is 5.92 Å². The number of carbonyl (C=O) groups is 2. The molecule has 3 aromatic rings. The monoisotopic (exact) mass is 749 g/mol. The van der Waals surface area contributed by atoms with Gasteiger partial charge in [0.2, 0.25) is 0 Å². The molecule has 1 amide bonds. The van der Waals surface area contributed by atoms with Crippen molar-refractivity contribution in [1.82, 2.24) is 5.32 Å². The van der Waals surface area contributed by atoms with Crippen LogP contribution in [0.4, 0.5) is 4.79 Å². The molecule has 0 aliphatic carbocycles. The van der Waals surface area contributed by atoms with E-state index in [-0.39, 0.29) is 38.6 Å².